The Balaban J connectivity index is 0.00000338. The molecule has 0 fully saturated rings. The molecule has 0 saturated heterocycles. The minimum absolute atomic E-state index is 0. The van der Waals surface area contributed by atoms with E-state index in [-0.39, 0.29) is 29.9 Å². The van der Waals surface area contributed by atoms with Gasteiger partial charge in [-0.05, 0) is 36.4 Å². The van der Waals surface area contributed by atoms with Crippen molar-refractivity contribution < 1.29 is 9.53 Å². The van der Waals surface area contributed by atoms with E-state index in [1.165, 1.54) is 0 Å². The van der Waals surface area contributed by atoms with Crippen LogP contribution in [0, 0.1) is 0 Å². The molecule has 2 aromatic rings. The molecule has 1 amide bonds. The highest BCUT2D eigenvalue weighted by Crippen LogP contribution is 2.10. The number of nitrogens with one attached hydrogen (secondary N) is 2. The number of halogens is 1. The number of amides is 1. The molecule has 7 nitrogen and oxygen atoms in total. The number of guanidine groups is 1. The molecule has 0 radical (unpaired) electrons. The van der Waals surface area contributed by atoms with Crippen molar-refractivity contribution in [1.82, 2.24) is 15.6 Å². The van der Waals surface area contributed by atoms with Crippen LogP contribution < -0.4 is 21.1 Å². The smallest absolute Gasteiger partial charge is 0.251 e. The van der Waals surface area contributed by atoms with Crippen LogP contribution in [-0.2, 0) is 6.42 Å². The maximum Gasteiger partial charge on any atom is 0.251 e. The third kappa shape index (κ3) is 7.68. The second kappa shape index (κ2) is 12.1. The molecular formula is C18H24IN5O2. The number of benzene rings is 1. The van der Waals surface area contributed by atoms with Crippen LogP contribution in [0.1, 0.15) is 16.1 Å². The van der Waals surface area contributed by atoms with E-state index >= 15 is 0 Å². The zero-order chi connectivity index (χ0) is 17.9. The van der Waals surface area contributed by atoms with Gasteiger partial charge in [0.1, 0.15) is 5.75 Å². The first-order chi connectivity index (χ1) is 12.2. The molecule has 26 heavy (non-hydrogen) atoms. The summed E-state index contributed by atoms with van der Waals surface area (Å²) in [5.74, 6) is 0.928. The van der Waals surface area contributed by atoms with Crippen LogP contribution >= 0.6 is 24.0 Å². The first-order valence-corrected chi connectivity index (χ1v) is 8.05. The Bertz CT molecular complexity index is 692. The Morgan fingerprint density at radius 1 is 1.15 bits per heavy atom. The molecule has 0 bridgehead atoms. The highest BCUT2D eigenvalue weighted by molar-refractivity contribution is 14.0. The molecule has 0 aliphatic carbocycles. The van der Waals surface area contributed by atoms with Crippen molar-refractivity contribution in [2.24, 2.45) is 10.7 Å². The van der Waals surface area contributed by atoms with Crippen LogP contribution in [0.2, 0.25) is 0 Å². The summed E-state index contributed by atoms with van der Waals surface area (Å²) in [6.45, 7) is 1.51. The first kappa shape index (κ1) is 21.7. The SMILES string of the molecule is COc1ccc(C(=O)NCCNC(N)=NCCc2ccccn2)cc1.I. The van der Waals surface area contributed by atoms with Crippen molar-refractivity contribution in [2.45, 2.75) is 6.42 Å². The summed E-state index contributed by atoms with van der Waals surface area (Å²) in [5, 5.41) is 5.78. The average Bonchev–Trinajstić information content (AvgIpc) is 2.66. The van der Waals surface area contributed by atoms with Gasteiger partial charge in [0.15, 0.2) is 5.96 Å². The lowest BCUT2D eigenvalue weighted by molar-refractivity contribution is 0.0954. The van der Waals surface area contributed by atoms with E-state index in [0.29, 0.717) is 36.9 Å². The van der Waals surface area contributed by atoms with Gasteiger partial charge in [0.05, 0.1) is 7.11 Å². The van der Waals surface area contributed by atoms with Gasteiger partial charge in [0.25, 0.3) is 5.91 Å². The maximum absolute atomic E-state index is 12.0. The van der Waals surface area contributed by atoms with Gasteiger partial charge in [0.2, 0.25) is 0 Å². The highest BCUT2D eigenvalue weighted by Gasteiger charge is 2.04. The molecule has 140 valence electrons. The van der Waals surface area contributed by atoms with Gasteiger partial charge in [-0.3, -0.25) is 14.8 Å². The summed E-state index contributed by atoms with van der Waals surface area (Å²) in [7, 11) is 1.59. The van der Waals surface area contributed by atoms with Gasteiger partial charge in [-0.1, -0.05) is 6.07 Å². The van der Waals surface area contributed by atoms with Crippen LogP contribution in [-0.4, -0.2) is 43.6 Å². The number of methoxy groups -OCH3 is 1. The van der Waals surface area contributed by atoms with Gasteiger partial charge < -0.3 is 21.1 Å². The van der Waals surface area contributed by atoms with E-state index in [9.17, 15) is 4.79 Å². The summed E-state index contributed by atoms with van der Waals surface area (Å²) in [4.78, 5) is 20.4. The molecule has 4 N–H and O–H groups in total. The number of nitrogens with two attached hydrogens (primary N) is 1. The molecule has 0 unspecified atom stereocenters. The standard InChI is InChI=1S/C18H23N5O2.HI/c1-25-16-7-5-14(6-8-16)17(24)21-12-13-23-18(19)22-11-9-15-4-2-3-10-20-15;/h2-8,10H,9,11-13H2,1H3,(H,21,24)(H3,19,22,23);1H. The lowest BCUT2D eigenvalue weighted by Crippen LogP contribution is -2.38. The fraction of sp³-hybridized carbons (Fsp3) is 0.278. The minimum Gasteiger partial charge on any atom is -0.497 e. The number of carbonyl (C=O) groups excluding carboxylic acids is 1. The van der Waals surface area contributed by atoms with Gasteiger partial charge in [-0.15, -0.1) is 24.0 Å². The van der Waals surface area contributed by atoms with E-state index in [1.807, 2.05) is 18.2 Å². The number of aliphatic imine (C=N–C) groups is 1. The molecule has 0 spiro atoms. The third-order valence-electron chi connectivity index (χ3n) is 3.45. The number of ether oxygens (including phenoxy) is 1. The molecule has 0 aliphatic heterocycles. The Kier molecular flexibility index (Phi) is 10.1. The lowest BCUT2D eigenvalue weighted by Gasteiger charge is -2.08. The largest absolute Gasteiger partial charge is 0.497 e. The fourth-order valence-corrected chi connectivity index (χ4v) is 2.10. The summed E-state index contributed by atoms with van der Waals surface area (Å²) in [5.41, 5.74) is 7.35. The predicted octanol–water partition coefficient (Wildman–Crippen LogP) is 1.59. The topological polar surface area (TPSA) is 102 Å². The Morgan fingerprint density at radius 2 is 1.88 bits per heavy atom. The molecule has 1 aromatic carbocycles. The number of aromatic nitrogens is 1. The summed E-state index contributed by atoms with van der Waals surface area (Å²) < 4.78 is 5.06. The summed E-state index contributed by atoms with van der Waals surface area (Å²) in [6, 6.07) is 12.7. The summed E-state index contributed by atoms with van der Waals surface area (Å²) in [6.07, 6.45) is 2.49. The minimum atomic E-state index is -0.143. The van der Waals surface area contributed by atoms with Crippen molar-refractivity contribution in [3.8, 4) is 5.75 Å². The van der Waals surface area contributed by atoms with Gasteiger partial charge in [-0.2, -0.15) is 0 Å². The quantitative estimate of drug-likeness (QED) is 0.236. The zero-order valence-corrected chi connectivity index (χ0v) is 17.0. The van der Waals surface area contributed by atoms with Crippen LogP contribution in [0.25, 0.3) is 0 Å². The van der Waals surface area contributed by atoms with E-state index < -0.39 is 0 Å². The van der Waals surface area contributed by atoms with E-state index in [4.69, 9.17) is 10.5 Å². The number of carbonyl (C=O) groups is 1. The molecule has 0 atom stereocenters. The van der Waals surface area contributed by atoms with Crippen LogP contribution in [0.4, 0.5) is 0 Å². The number of rotatable bonds is 8. The van der Waals surface area contributed by atoms with E-state index in [0.717, 1.165) is 12.1 Å². The second-order valence-corrected chi connectivity index (χ2v) is 5.25. The monoisotopic (exact) mass is 469 g/mol. The predicted molar refractivity (Wildman–Crippen MR) is 113 cm³/mol. The van der Waals surface area contributed by atoms with Crippen molar-refractivity contribution in [3.05, 3.63) is 59.9 Å². The normalized spacial score (nSPS) is 10.6. The second-order valence-electron chi connectivity index (χ2n) is 5.25. The Hall–Kier alpha value is -2.36. The van der Waals surface area contributed by atoms with E-state index in [1.54, 1.807) is 37.6 Å². The van der Waals surface area contributed by atoms with Crippen LogP contribution in [0.3, 0.4) is 0 Å². The third-order valence-corrected chi connectivity index (χ3v) is 3.45. The van der Waals surface area contributed by atoms with Crippen LogP contribution in [0.15, 0.2) is 53.7 Å². The van der Waals surface area contributed by atoms with Gasteiger partial charge in [-0.25, -0.2) is 0 Å². The average molecular weight is 469 g/mol. The zero-order valence-electron chi connectivity index (χ0n) is 14.6. The first-order valence-electron chi connectivity index (χ1n) is 8.05. The number of hydrogen-bond donors (Lipinski definition) is 3. The van der Waals surface area contributed by atoms with Crippen molar-refractivity contribution >= 4 is 35.8 Å². The Labute approximate surface area is 170 Å². The molecular weight excluding hydrogens is 445 g/mol. The molecule has 2 rings (SSSR count). The van der Waals surface area contributed by atoms with Gasteiger partial charge >= 0.3 is 0 Å². The van der Waals surface area contributed by atoms with Crippen molar-refractivity contribution in [3.63, 3.8) is 0 Å². The molecule has 0 saturated carbocycles. The fourth-order valence-electron chi connectivity index (χ4n) is 2.10. The number of pyridine rings is 1. The highest BCUT2D eigenvalue weighted by atomic mass is 127. The van der Waals surface area contributed by atoms with Gasteiger partial charge in [0, 0.05) is 43.5 Å². The number of nitrogens with zero attached hydrogens (tertiary/aromatic N) is 2. The lowest BCUT2D eigenvalue weighted by atomic mass is 10.2. The molecule has 0 aliphatic rings. The maximum atomic E-state index is 12.0. The Morgan fingerprint density at radius 3 is 2.54 bits per heavy atom. The molecule has 1 aromatic heterocycles. The molecule has 1 heterocycles. The summed E-state index contributed by atoms with van der Waals surface area (Å²) >= 11 is 0. The molecule has 8 heteroatoms. The van der Waals surface area contributed by atoms with Crippen molar-refractivity contribution in [1.29, 1.82) is 0 Å². The van der Waals surface area contributed by atoms with Crippen LogP contribution in [0.5, 0.6) is 5.75 Å². The van der Waals surface area contributed by atoms with E-state index in [2.05, 4.69) is 20.6 Å². The van der Waals surface area contributed by atoms with Crippen molar-refractivity contribution in [2.75, 3.05) is 26.7 Å². The number of hydrogen-bond acceptors (Lipinski definition) is 4.